The smallest absolute Gasteiger partial charge is 0.252 e. The third kappa shape index (κ3) is 3.79. The van der Waals surface area contributed by atoms with Crippen LogP contribution in [0, 0.1) is 17.2 Å². The fraction of sp³-hybridized carbons (Fsp3) is 0.714. The van der Waals surface area contributed by atoms with Gasteiger partial charge in [-0.25, -0.2) is 9.67 Å². The molecule has 1 atom stereocenters. The average molecular weight is 289 g/mol. The predicted molar refractivity (Wildman–Crippen MR) is 73.0 cm³/mol. The highest BCUT2D eigenvalue weighted by Crippen LogP contribution is 2.29. The molecule has 1 unspecified atom stereocenters. The summed E-state index contributed by atoms with van der Waals surface area (Å²) in [5.41, 5.74) is 0. The van der Waals surface area contributed by atoms with Crippen LogP contribution in [-0.2, 0) is 16.1 Å². The van der Waals surface area contributed by atoms with Crippen LogP contribution >= 0.6 is 0 Å². The summed E-state index contributed by atoms with van der Waals surface area (Å²) in [6.45, 7) is 2.39. The SMILES string of the molecule is N#Cc1ncn(CC(=O)N2CCCC(OCC3CC3)C2)n1. The second-order valence-electron chi connectivity index (χ2n) is 5.76. The molecule has 0 N–H and O–H groups in total. The van der Waals surface area contributed by atoms with E-state index in [1.165, 1.54) is 23.9 Å². The van der Waals surface area contributed by atoms with Crippen molar-refractivity contribution in [3.63, 3.8) is 0 Å². The summed E-state index contributed by atoms with van der Waals surface area (Å²) < 4.78 is 7.30. The zero-order chi connectivity index (χ0) is 14.7. The zero-order valence-electron chi connectivity index (χ0n) is 11.9. The standard InChI is InChI=1S/C14H19N5O2/c15-6-13-16-10-19(17-13)8-14(20)18-5-1-2-12(7-18)21-9-11-3-4-11/h10-12H,1-5,7-9H2. The second-order valence-corrected chi connectivity index (χ2v) is 5.76. The molecule has 2 fully saturated rings. The number of aromatic nitrogens is 3. The molecule has 0 bridgehead atoms. The third-order valence-electron chi connectivity index (χ3n) is 3.93. The van der Waals surface area contributed by atoms with Gasteiger partial charge in [-0.05, 0) is 31.6 Å². The topological polar surface area (TPSA) is 84.0 Å². The van der Waals surface area contributed by atoms with E-state index in [0.717, 1.165) is 31.9 Å². The normalized spacial score (nSPS) is 22.0. The molecule has 0 aromatic carbocycles. The number of piperidine rings is 1. The molecule has 1 saturated heterocycles. The summed E-state index contributed by atoms with van der Waals surface area (Å²) in [7, 11) is 0. The van der Waals surface area contributed by atoms with Gasteiger partial charge < -0.3 is 9.64 Å². The van der Waals surface area contributed by atoms with Gasteiger partial charge in [0.25, 0.3) is 5.82 Å². The van der Waals surface area contributed by atoms with Gasteiger partial charge in [0, 0.05) is 19.7 Å². The van der Waals surface area contributed by atoms with Gasteiger partial charge in [0.1, 0.15) is 18.9 Å². The molecule has 7 heteroatoms. The molecule has 1 aromatic heterocycles. The van der Waals surface area contributed by atoms with Crippen molar-refractivity contribution in [2.24, 2.45) is 5.92 Å². The molecule has 7 nitrogen and oxygen atoms in total. The summed E-state index contributed by atoms with van der Waals surface area (Å²) in [5, 5.41) is 12.6. The molecule has 1 aromatic rings. The fourth-order valence-corrected chi connectivity index (χ4v) is 2.52. The minimum atomic E-state index is 0.00381. The van der Waals surface area contributed by atoms with Crippen LogP contribution in [0.5, 0.6) is 0 Å². The third-order valence-corrected chi connectivity index (χ3v) is 3.93. The molecule has 2 heterocycles. The number of carbonyl (C=O) groups excluding carboxylic acids is 1. The maximum Gasteiger partial charge on any atom is 0.252 e. The molecule has 1 saturated carbocycles. The zero-order valence-corrected chi connectivity index (χ0v) is 11.9. The van der Waals surface area contributed by atoms with Gasteiger partial charge in [-0.1, -0.05) is 0 Å². The highest BCUT2D eigenvalue weighted by Gasteiger charge is 2.27. The lowest BCUT2D eigenvalue weighted by atomic mass is 10.1. The van der Waals surface area contributed by atoms with E-state index in [-0.39, 0.29) is 24.4 Å². The molecule has 0 radical (unpaired) electrons. The van der Waals surface area contributed by atoms with Crippen LogP contribution in [-0.4, -0.2) is 51.4 Å². The van der Waals surface area contributed by atoms with E-state index < -0.39 is 0 Å². The Morgan fingerprint density at radius 2 is 2.33 bits per heavy atom. The van der Waals surface area contributed by atoms with Crippen molar-refractivity contribution in [1.82, 2.24) is 19.7 Å². The van der Waals surface area contributed by atoms with Crippen molar-refractivity contribution in [3.8, 4) is 6.07 Å². The van der Waals surface area contributed by atoms with E-state index >= 15 is 0 Å². The maximum atomic E-state index is 12.3. The molecule has 112 valence electrons. The average Bonchev–Trinajstić information content (AvgIpc) is 3.24. The van der Waals surface area contributed by atoms with Crippen LogP contribution in [0.4, 0.5) is 0 Å². The molecule has 1 amide bonds. The van der Waals surface area contributed by atoms with Gasteiger partial charge >= 0.3 is 0 Å². The lowest BCUT2D eigenvalue weighted by molar-refractivity contribution is -0.136. The van der Waals surface area contributed by atoms with E-state index in [4.69, 9.17) is 10.00 Å². The summed E-state index contributed by atoms with van der Waals surface area (Å²) >= 11 is 0. The van der Waals surface area contributed by atoms with Gasteiger partial charge in [0.05, 0.1) is 6.10 Å². The van der Waals surface area contributed by atoms with Crippen LogP contribution in [0.3, 0.4) is 0 Å². The van der Waals surface area contributed by atoms with Crippen LogP contribution in [0.25, 0.3) is 0 Å². The Morgan fingerprint density at radius 1 is 1.48 bits per heavy atom. The number of hydrogen-bond donors (Lipinski definition) is 0. The highest BCUT2D eigenvalue weighted by atomic mass is 16.5. The van der Waals surface area contributed by atoms with E-state index in [1.807, 2.05) is 11.0 Å². The molecule has 21 heavy (non-hydrogen) atoms. The Morgan fingerprint density at radius 3 is 3.05 bits per heavy atom. The minimum Gasteiger partial charge on any atom is -0.376 e. The van der Waals surface area contributed by atoms with Crippen LogP contribution in [0.1, 0.15) is 31.5 Å². The van der Waals surface area contributed by atoms with E-state index in [2.05, 4.69) is 10.1 Å². The minimum absolute atomic E-state index is 0.00381. The maximum absolute atomic E-state index is 12.3. The van der Waals surface area contributed by atoms with Crippen LogP contribution in [0.2, 0.25) is 0 Å². The van der Waals surface area contributed by atoms with Gasteiger partial charge in [-0.15, -0.1) is 5.10 Å². The van der Waals surface area contributed by atoms with Gasteiger partial charge in [-0.2, -0.15) is 5.26 Å². The van der Waals surface area contributed by atoms with Crippen molar-refractivity contribution in [2.75, 3.05) is 19.7 Å². The van der Waals surface area contributed by atoms with Crippen LogP contribution in [0.15, 0.2) is 6.33 Å². The number of ether oxygens (including phenoxy) is 1. The van der Waals surface area contributed by atoms with Crippen molar-refractivity contribution < 1.29 is 9.53 Å². The van der Waals surface area contributed by atoms with Crippen molar-refractivity contribution >= 4 is 5.91 Å². The number of amides is 1. The number of nitrogens with zero attached hydrogens (tertiary/aromatic N) is 5. The van der Waals surface area contributed by atoms with Gasteiger partial charge in [0.15, 0.2) is 0 Å². The summed E-state index contributed by atoms with van der Waals surface area (Å²) in [5.74, 6) is 0.840. The van der Waals surface area contributed by atoms with E-state index in [9.17, 15) is 4.79 Å². The van der Waals surface area contributed by atoms with Crippen molar-refractivity contribution in [1.29, 1.82) is 5.26 Å². The van der Waals surface area contributed by atoms with Gasteiger partial charge in [-0.3, -0.25) is 4.79 Å². The lowest BCUT2D eigenvalue weighted by Gasteiger charge is -2.32. The first-order chi connectivity index (χ1) is 10.2. The Bertz CT molecular complexity index is 546. The Hall–Kier alpha value is -1.94. The van der Waals surface area contributed by atoms with E-state index in [0.29, 0.717) is 6.54 Å². The predicted octanol–water partition coefficient (Wildman–Crippen LogP) is 0.567. The van der Waals surface area contributed by atoms with E-state index in [1.54, 1.807) is 0 Å². The second kappa shape index (κ2) is 6.22. The van der Waals surface area contributed by atoms with Gasteiger partial charge in [0.2, 0.25) is 5.91 Å². The summed E-state index contributed by atoms with van der Waals surface area (Å²) in [6, 6.07) is 1.85. The first-order valence-electron chi connectivity index (χ1n) is 7.43. The molecule has 2 aliphatic rings. The fourth-order valence-electron chi connectivity index (χ4n) is 2.52. The quantitative estimate of drug-likeness (QED) is 0.791. The molecule has 1 aliphatic heterocycles. The number of likely N-dealkylation sites (tertiary alicyclic amines) is 1. The molecular formula is C14H19N5O2. The molecule has 3 rings (SSSR count). The number of hydrogen-bond acceptors (Lipinski definition) is 5. The number of nitriles is 1. The Balaban J connectivity index is 1.49. The summed E-state index contributed by atoms with van der Waals surface area (Å²) in [4.78, 5) is 17.9. The number of rotatable bonds is 5. The number of carbonyl (C=O) groups is 1. The van der Waals surface area contributed by atoms with Crippen molar-refractivity contribution in [2.45, 2.75) is 38.3 Å². The first kappa shape index (κ1) is 14.0. The molecule has 0 spiro atoms. The monoisotopic (exact) mass is 289 g/mol. The lowest BCUT2D eigenvalue weighted by Crippen LogP contribution is -2.44. The highest BCUT2D eigenvalue weighted by molar-refractivity contribution is 5.76. The molecule has 1 aliphatic carbocycles. The first-order valence-corrected chi connectivity index (χ1v) is 7.43. The summed E-state index contributed by atoms with van der Waals surface area (Å²) in [6.07, 6.45) is 6.14. The Kier molecular flexibility index (Phi) is 4.15. The van der Waals surface area contributed by atoms with Crippen LogP contribution < -0.4 is 0 Å². The Labute approximate surface area is 123 Å². The molecular weight excluding hydrogens is 270 g/mol. The largest absolute Gasteiger partial charge is 0.376 e. The van der Waals surface area contributed by atoms with Crippen molar-refractivity contribution in [3.05, 3.63) is 12.2 Å².